The zero-order chi connectivity index (χ0) is 26.4. The monoisotopic (exact) mass is 498 g/mol. The Morgan fingerprint density at radius 3 is 1.97 bits per heavy atom. The molecule has 0 unspecified atom stereocenters. The normalized spacial score (nSPS) is 15.5. The van der Waals surface area contributed by atoms with E-state index >= 15 is 0 Å². The summed E-state index contributed by atoms with van der Waals surface area (Å²) in [7, 11) is 0. The Morgan fingerprint density at radius 1 is 0.838 bits per heavy atom. The summed E-state index contributed by atoms with van der Waals surface area (Å²) in [6.45, 7) is 7.04. The molecule has 4 rings (SSSR count). The van der Waals surface area contributed by atoms with Gasteiger partial charge >= 0.3 is 6.03 Å². The van der Waals surface area contributed by atoms with Gasteiger partial charge in [-0.2, -0.15) is 0 Å². The van der Waals surface area contributed by atoms with Crippen LogP contribution < -0.4 is 19.7 Å². The molecule has 1 saturated heterocycles. The SMILES string of the molecule is CC[C@H](C)c1ccc(OCCOc2ccc(/C=C3/C(=O)NC(=O)N(c4ccc(C)cc4)C3=O)cc2)cc1. The lowest BCUT2D eigenvalue weighted by Crippen LogP contribution is -2.54. The maximum Gasteiger partial charge on any atom is 0.335 e. The third kappa shape index (κ3) is 6.25. The highest BCUT2D eigenvalue weighted by molar-refractivity contribution is 6.39. The molecule has 1 heterocycles. The minimum Gasteiger partial charge on any atom is -0.490 e. The van der Waals surface area contributed by atoms with Crippen LogP contribution in [0.15, 0.2) is 78.4 Å². The number of carbonyl (C=O) groups is 3. The van der Waals surface area contributed by atoms with Crippen LogP contribution in [0.3, 0.4) is 0 Å². The zero-order valence-electron chi connectivity index (χ0n) is 21.2. The Balaban J connectivity index is 1.34. The minimum absolute atomic E-state index is 0.124. The zero-order valence-corrected chi connectivity index (χ0v) is 21.2. The summed E-state index contributed by atoms with van der Waals surface area (Å²) in [5.41, 5.74) is 3.18. The van der Waals surface area contributed by atoms with E-state index in [4.69, 9.17) is 9.47 Å². The number of ether oxygens (including phenoxy) is 2. The number of barbiturate groups is 1. The molecule has 7 nitrogen and oxygen atoms in total. The fraction of sp³-hybridized carbons (Fsp3) is 0.233. The number of amides is 4. The number of imide groups is 2. The first kappa shape index (κ1) is 25.7. The van der Waals surface area contributed by atoms with Gasteiger partial charge in [-0.05, 0) is 72.9 Å². The predicted molar refractivity (Wildman–Crippen MR) is 143 cm³/mol. The lowest BCUT2D eigenvalue weighted by Gasteiger charge is -2.26. The smallest absolute Gasteiger partial charge is 0.335 e. The minimum atomic E-state index is -0.770. The fourth-order valence-corrected chi connectivity index (χ4v) is 3.86. The summed E-state index contributed by atoms with van der Waals surface area (Å²) in [5, 5.41) is 2.23. The van der Waals surface area contributed by atoms with Crippen molar-refractivity contribution in [2.45, 2.75) is 33.1 Å². The van der Waals surface area contributed by atoms with E-state index in [1.165, 1.54) is 11.6 Å². The van der Waals surface area contributed by atoms with Crippen LogP contribution in [-0.2, 0) is 9.59 Å². The summed E-state index contributed by atoms with van der Waals surface area (Å²) >= 11 is 0. The van der Waals surface area contributed by atoms with E-state index in [0.29, 0.717) is 36.1 Å². The summed E-state index contributed by atoms with van der Waals surface area (Å²) in [4.78, 5) is 38.7. The van der Waals surface area contributed by atoms with Crippen molar-refractivity contribution in [3.05, 3.63) is 95.1 Å². The van der Waals surface area contributed by atoms with Crippen molar-refractivity contribution in [2.75, 3.05) is 18.1 Å². The predicted octanol–water partition coefficient (Wildman–Crippen LogP) is 5.63. The first-order valence-corrected chi connectivity index (χ1v) is 12.3. The van der Waals surface area contributed by atoms with E-state index in [9.17, 15) is 14.4 Å². The average Bonchev–Trinajstić information content (AvgIpc) is 2.90. The van der Waals surface area contributed by atoms with Gasteiger partial charge in [-0.3, -0.25) is 14.9 Å². The number of urea groups is 1. The number of hydrogen-bond acceptors (Lipinski definition) is 5. The fourth-order valence-electron chi connectivity index (χ4n) is 3.86. The molecule has 1 atom stereocenters. The molecule has 190 valence electrons. The second-order valence-electron chi connectivity index (χ2n) is 8.94. The molecule has 0 saturated carbocycles. The first-order valence-electron chi connectivity index (χ1n) is 12.3. The Labute approximate surface area is 216 Å². The number of nitrogens with zero attached hydrogens (tertiary/aromatic N) is 1. The lowest BCUT2D eigenvalue weighted by atomic mass is 9.99. The number of rotatable bonds is 9. The van der Waals surface area contributed by atoms with Crippen LogP contribution >= 0.6 is 0 Å². The van der Waals surface area contributed by atoms with E-state index in [1.54, 1.807) is 48.5 Å². The molecule has 0 bridgehead atoms. The Morgan fingerprint density at radius 2 is 1.41 bits per heavy atom. The standard InChI is InChI=1S/C30H30N2O5/c1-4-21(3)23-9-15-26(16-10-23)37-18-17-36-25-13-7-22(8-14-25)19-27-28(33)31-30(35)32(29(27)34)24-11-5-20(2)6-12-24/h5-16,19,21H,4,17-18H2,1-3H3,(H,31,33,35)/b27-19-/t21-/m0/s1. The van der Waals surface area contributed by atoms with Gasteiger partial charge in [-0.25, -0.2) is 9.69 Å². The van der Waals surface area contributed by atoms with Crippen molar-refractivity contribution < 1.29 is 23.9 Å². The van der Waals surface area contributed by atoms with Crippen LogP contribution in [0, 0.1) is 6.92 Å². The molecular weight excluding hydrogens is 468 g/mol. The number of nitrogens with one attached hydrogen (secondary N) is 1. The molecule has 0 radical (unpaired) electrons. The van der Waals surface area contributed by atoms with Gasteiger partial charge in [-0.15, -0.1) is 0 Å². The van der Waals surface area contributed by atoms with Crippen molar-refractivity contribution in [1.29, 1.82) is 0 Å². The Bertz CT molecular complexity index is 1300. The van der Waals surface area contributed by atoms with Crippen LogP contribution in [0.2, 0.25) is 0 Å². The molecule has 37 heavy (non-hydrogen) atoms. The number of benzene rings is 3. The molecule has 1 aliphatic heterocycles. The maximum atomic E-state index is 13.0. The molecule has 0 aliphatic carbocycles. The van der Waals surface area contributed by atoms with Crippen molar-refractivity contribution in [2.24, 2.45) is 0 Å². The molecule has 1 N–H and O–H groups in total. The molecule has 1 fully saturated rings. The van der Waals surface area contributed by atoms with Crippen LogP contribution in [-0.4, -0.2) is 31.1 Å². The van der Waals surface area contributed by atoms with Crippen molar-refractivity contribution in [1.82, 2.24) is 5.32 Å². The summed E-state index contributed by atoms with van der Waals surface area (Å²) < 4.78 is 11.5. The van der Waals surface area contributed by atoms with Crippen LogP contribution in [0.4, 0.5) is 10.5 Å². The summed E-state index contributed by atoms with van der Waals surface area (Å²) in [6, 6.07) is 21.3. The van der Waals surface area contributed by atoms with Crippen molar-refractivity contribution in [3.63, 3.8) is 0 Å². The third-order valence-electron chi connectivity index (χ3n) is 6.27. The quantitative estimate of drug-likeness (QED) is 0.235. The highest BCUT2D eigenvalue weighted by atomic mass is 16.5. The Hall–Kier alpha value is -4.39. The number of aryl methyl sites for hydroxylation is 1. The van der Waals surface area contributed by atoms with Gasteiger partial charge in [0.15, 0.2) is 0 Å². The van der Waals surface area contributed by atoms with Crippen molar-refractivity contribution >= 4 is 29.6 Å². The van der Waals surface area contributed by atoms with E-state index in [2.05, 4.69) is 31.3 Å². The largest absolute Gasteiger partial charge is 0.490 e. The molecule has 0 aromatic heterocycles. The van der Waals surface area contributed by atoms with Gasteiger partial charge in [0.2, 0.25) is 0 Å². The van der Waals surface area contributed by atoms with E-state index in [1.807, 2.05) is 19.1 Å². The van der Waals surface area contributed by atoms with Crippen LogP contribution in [0.1, 0.15) is 42.9 Å². The molecule has 1 aliphatic rings. The molecular formula is C30H30N2O5. The van der Waals surface area contributed by atoms with Gasteiger partial charge in [0.1, 0.15) is 30.3 Å². The first-order chi connectivity index (χ1) is 17.9. The van der Waals surface area contributed by atoms with Gasteiger partial charge in [0.25, 0.3) is 11.8 Å². The van der Waals surface area contributed by atoms with E-state index in [-0.39, 0.29) is 5.57 Å². The molecule has 4 amide bonds. The van der Waals surface area contributed by atoms with E-state index < -0.39 is 17.8 Å². The molecule has 0 spiro atoms. The van der Waals surface area contributed by atoms with E-state index in [0.717, 1.165) is 22.6 Å². The summed E-state index contributed by atoms with van der Waals surface area (Å²) in [6.07, 6.45) is 2.56. The van der Waals surface area contributed by atoms with Crippen LogP contribution in [0.5, 0.6) is 11.5 Å². The highest BCUT2D eigenvalue weighted by Crippen LogP contribution is 2.24. The molecule has 3 aromatic rings. The Kier molecular flexibility index (Phi) is 8.03. The van der Waals surface area contributed by atoms with Gasteiger partial charge in [-0.1, -0.05) is 55.8 Å². The number of anilines is 1. The van der Waals surface area contributed by atoms with Gasteiger partial charge in [0, 0.05) is 0 Å². The topological polar surface area (TPSA) is 84.9 Å². The summed E-state index contributed by atoms with van der Waals surface area (Å²) in [5.74, 6) is 0.552. The average molecular weight is 499 g/mol. The second kappa shape index (κ2) is 11.6. The third-order valence-corrected chi connectivity index (χ3v) is 6.27. The van der Waals surface area contributed by atoms with Crippen LogP contribution in [0.25, 0.3) is 6.08 Å². The molecule has 7 heteroatoms. The van der Waals surface area contributed by atoms with Crippen molar-refractivity contribution in [3.8, 4) is 11.5 Å². The second-order valence-corrected chi connectivity index (χ2v) is 8.94. The lowest BCUT2D eigenvalue weighted by molar-refractivity contribution is -0.122. The van der Waals surface area contributed by atoms with Gasteiger partial charge in [0.05, 0.1) is 5.69 Å². The number of hydrogen-bond donors (Lipinski definition) is 1. The highest BCUT2D eigenvalue weighted by Gasteiger charge is 2.36. The maximum absolute atomic E-state index is 13.0. The number of carbonyl (C=O) groups excluding carboxylic acids is 3. The van der Waals surface area contributed by atoms with Gasteiger partial charge < -0.3 is 9.47 Å². The molecule has 3 aromatic carbocycles.